The van der Waals surface area contributed by atoms with Gasteiger partial charge in [0.2, 0.25) is 5.91 Å². The molecule has 152 valence electrons. The number of nitrogens with two attached hydrogens (primary N) is 1. The van der Waals surface area contributed by atoms with Gasteiger partial charge in [-0.15, -0.1) is 11.3 Å². The van der Waals surface area contributed by atoms with Crippen molar-refractivity contribution in [2.45, 2.75) is 19.4 Å². The number of fused-ring (bicyclic) bond motifs is 1. The molecule has 0 unspecified atom stereocenters. The van der Waals surface area contributed by atoms with E-state index >= 15 is 0 Å². The first-order valence-electron chi connectivity index (χ1n) is 9.58. The van der Waals surface area contributed by atoms with Gasteiger partial charge in [0.1, 0.15) is 16.4 Å². The molecule has 0 atom stereocenters. The summed E-state index contributed by atoms with van der Waals surface area (Å²) >= 11 is 1.44. The van der Waals surface area contributed by atoms with Crippen molar-refractivity contribution in [2.75, 3.05) is 7.11 Å². The quantitative estimate of drug-likeness (QED) is 0.489. The second-order valence-electron chi connectivity index (χ2n) is 6.89. The smallest absolute Gasteiger partial charge is 0.263 e. The normalized spacial score (nSPS) is 11.0. The molecule has 0 bridgehead atoms. The van der Waals surface area contributed by atoms with E-state index in [1.54, 1.807) is 11.7 Å². The standard InChI is InChI=1S/C23H21N3O3S/c1-29-17-10-5-9-16(13-17)18-14-30-22-20(18)23(28)26(12-6-11-19(24)27)21(25-22)15-7-3-2-4-8-15/h2-5,7-10,13-14H,6,11-12H2,1H3,(H2,24,27). The highest BCUT2D eigenvalue weighted by molar-refractivity contribution is 7.17. The van der Waals surface area contributed by atoms with Gasteiger partial charge in [-0.05, 0) is 24.1 Å². The molecule has 4 rings (SSSR count). The Morgan fingerprint density at radius 3 is 2.63 bits per heavy atom. The van der Waals surface area contributed by atoms with Crippen LogP contribution in [0, 0.1) is 0 Å². The van der Waals surface area contributed by atoms with Crippen LogP contribution in [0.2, 0.25) is 0 Å². The highest BCUT2D eigenvalue weighted by Crippen LogP contribution is 2.33. The van der Waals surface area contributed by atoms with Crippen LogP contribution in [0.15, 0.2) is 64.8 Å². The molecule has 0 aliphatic heterocycles. The molecule has 6 nitrogen and oxygen atoms in total. The minimum Gasteiger partial charge on any atom is -0.497 e. The molecular formula is C23H21N3O3S. The maximum Gasteiger partial charge on any atom is 0.263 e. The number of ether oxygens (including phenoxy) is 1. The number of carbonyl (C=O) groups excluding carboxylic acids is 1. The number of methoxy groups -OCH3 is 1. The number of thiophene rings is 1. The zero-order valence-corrected chi connectivity index (χ0v) is 17.3. The van der Waals surface area contributed by atoms with Crippen LogP contribution in [0.3, 0.4) is 0 Å². The van der Waals surface area contributed by atoms with Gasteiger partial charge >= 0.3 is 0 Å². The SMILES string of the molecule is COc1cccc(-c2csc3nc(-c4ccccc4)n(CCCC(N)=O)c(=O)c23)c1. The minimum absolute atomic E-state index is 0.123. The average Bonchev–Trinajstić information content (AvgIpc) is 3.20. The Bertz CT molecular complexity index is 1260. The molecule has 2 aromatic heterocycles. The number of hydrogen-bond acceptors (Lipinski definition) is 5. The molecule has 0 spiro atoms. The molecule has 0 saturated heterocycles. The van der Waals surface area contributed by atoms with Gasteiger partial charge in [-0.2, -0.15) is 0 Å². The Balaban J connectivity index is 1.91. The van der Waals surface area contributed by atoms with E-state index in [1.807, 2.05) is 60.0 Å². The predicted molar refractivity (Wildman–Crippen MR) is 120 cm³/mol. The maximum atomic E-state index is 13.6. The van der Waals surface area contributed by atoms with Crippen LogP contribution >= 0.6 is 11.3 Å². The number of aromatic nitrogens is 2. The summed E-state index contributed by atoms with van der Waals surface area (Å²) < 4.78 is 6.98. The lowest BCUT2D eigenvalue weighted by molar-refractivity contribution is -0.118. The van der Waals surface area contributed by atoms with Crippen molar-refractivity contribution in [1.82, 2.24) is 9.55 Å². The molecule has 7 heteroatoms. The number of amides is 1. The van der Waals surface area contributed by atoms with E-state index in [0.717, 1.165) is 22.4 Å². The fourth-order valence-corrected chi connectivity index (χ4v) is 4.39. The molecule has 0 aliphatic rings. The summed E-state index contributed by atoms with van der Waals surface area (Å²) in [5.74, 6) is 0.935. The molecule has 1 amide bonds. The van der Waals surface area contributed by atoms with Crippen LogP contribution in [-0.4, -0.2) is 22.6 Å². The van der Waals surface area contributed by atoms with Gasteiger partial charge in [-0.25, -0.2) is 4.98 Å². The van der Waals surface area contributed by atoms with Crippen LogP contribution in [-0.2, 0) is 11.3 Å². The lowest BCUT2D eigenvalue weighted by atomic mass is 10.1. The highest BCUT2D eigenvalue weighted by Gasteiger charge is 2.18. The van der Waals surface area contributed by atoms with E-state index in [9.17, 15) is 9.59 Å². The van der Waals surface area contributed by atoms with Gasteiger partial charge < -0.3 is 10.5 Å². The van der Waals surface area contributed by atoms with E-state index in [4.69, 9.17) is 15.5 Å². The van der Waals surface area contributed by atoms with E-state index in [0.29, 0.717) is 29.0 Å². The van der Waals surface area contributed by atoms with Crippen molar-refractivity contribution in [1.29, 1.82) is 0 Å². The number of primary amides is 1. The third-order valence-electron chi connectivity index (χ3n) is 4.91. The van der Waals surface area contributed by atoms with Crippen LogP contribution in [0.5, 0.6) is 5.75 Å². The molecule has 2 aromatic carbocycles. The summed E-state index contributed by atoms with van der Waals surface area (Å²) in [6.45, 7) is 0.363. The first-order valence-corrected chi connectivity index (χ1v) is 10.5. The Kier molecular flexibility index (Phi) is 5.63. The van der Waals surface area contributed by atoms with Gasteiger partial charge in [0.25, 0.3) is 5.56 Å². The fourth-order valence-electron chi connectivity index (χ4n) is 3.45. The lowest BCUT2D eigenvalue weighted by Gasteiger charge is -2.13. The molecule has 0 aliphatic carbocycles. The number of rotatable bonds is 7. The largest absolute Gasteiger partial charge is 0.497 e. The zero-order valence-electron chi connectivity index (χ0n) is 16.5. The van der Waals surface area contributed by atoms with E-state index < -0.39 is 0 Å². The van der Waals surface area contributed by atoms with Crippen LogP contribution in [0.25, 0.3) is 32.7 Å². The second-order valence-corrected chi connectivity index (χ2v) is 7.75. The molecule has 0 radical (unpaired) electrons. The summed E-state index contributed by atoms with van der Waals surface area (Å²) in [7, 11) is 1.62. The Labute approximate surface area is 177 Å². The monoisotopic (exact) mass is 419 g/mol. The second kappa shape index (κ2) is 8.51. The minimum atomic E-state index is -0.383. The van der Waals surface area contributed by atoms with Crippen LogP contribution in [0.1, 0.15) is 12.8 Å². The summed E-state index contributed by atoms with van der Waals surface area (Å²) in [6.07, 6.45) is 0.686. The maximum absolute atomic E-state index is 13.6. The van der Waals surface area contributed by atoms with E-state index in [2.05, 4.69) is 0 Å². The third kappa shape index (κ3) is 3.84. The van der Waals surface area contributed by atoms with Gasteiger partial charge in [0.15, 0.2) is 0 Å². The Hall–Kier alpha value is -3.45. The average molecular weight is 420 g/mol. The fraction of sp³-hybridized carbons (Fsp3) is 0.174. The Morgan fingerprint density at radius 1 is 1.13 bits per heavy atom. The number of nitrogens with zero attached hydrogens (tertiary/aromatic N) is 2. The number of benzene rings is 2. The highest BCUT2D eigenvalue weighted by atomic mass is 32.1. The lowest BCUT2D eigenvalue weighted by Crippen LogP contribution is -2.24. The first-order chi connectivity index (χ1) is 14.6. The van der Waals surface area contributed by atoms with Gasteiger partial charge in [-0.1, -0.05) is 42.5 Å². The molecule has 2 heterocycles. The summed E-state index contributed by atoms with van der Waals surface area (Å²) in [4.78, 5) is 30.3. The molecule has 4 aromatic rings. The van der Waals surface area contributed by atoms with Crippen LogP contribution < -0.4 is 16.0 Å². The van der Waals surface area contributed by atoms with Crippen molar-refractivity contribution in [3.8, 4) is 28.3 Å². The zero-order chi connectivity index (χ0) is 21.1. The molecule has 0 saturated carbocycles. The topological polar surface area (TPSA) is 87.2 Å². The number of hydrogen-bond donors (Lipinski definition) is 1. The van der Waals surface area contributed by atoms with Gasteiger partial charge in [0.05, 0.1) is 12.5 Å². The van der Waals surface area contributed by atoms with Crippen molar-refractivity contribution in [3.63, 3.8) is 0 Å². The molecule has 2 N–H and O–H groups in total. The Morgan fingerprint density at radius 2 is 1.90 bits per heavy atom. The first kappa shape index (κ1) is 19.8. The van der Waals surface area contributed by atoms with Crippen molar-refractivity contribution < 1.29 is 9.53 Å². The van der Waals surface area contributed by atoms with Crippen molar-refractivity contribution in [2.24, 2.45) is 5.73 Å². The summed E-state index contributed by atoms with van der Waals surface area (Å²) in [6, 6.07) is 17.2. The van der Waals surface area contributed by atoms with Crippen molar-refractivity contribution in [3.05, 3.63) is 70.3 Å². The predicted octanol–water partition coefficient (Wildman–Crippen LogP) is 4.07. The third-order valence-corrected chi connectivity index (χ3v) is 5.78. The molecular weight excluding hydrogens is 398 g/mol. The van der Waals surface area contributed by atoms with E-state index in [1.165, 1.54) is 11.3 Å². The summed E-state index contributed by atoms with van der Waals surface area (Å²) in [5.41, 5.74) is 7.75. The molecule has 30 heavy (non-hydrogen) atoms. The summed E-state index contributed by atoms with van der Waals surface area (Å²) in [5, 5.41) is 2.53. The van der Waals surface area contributed by atoms with Gasteiger partial charge in [0, 0.05) is 29.5 Å². The molecule has 0 fully saturated rings. The van der Waals surface area contributed by atoms with Crippen LogP contribution in [0.4, 0.5) is 0 Å². The van der Waals surface area contributed by atoms with Crippen molar-refractivity contribution >= 4 is 27.5 Å². The van der Waals surface area contributed by atoms with E-state index in [-0.39, 0.29) is 17.9 Å². The number of carbonyl (C=O) groups is 1. The van der Waals surface area contributed by atoms with Gasteiger partial charge in [-0.3, -0.25) is 14.2 Å².